The van der Waals surface area contributed by atoms with E-state index in [1.54, 1.807) is 6.92 Å². The summed E-state index contributed by atoms with van der Waals surface area (Å²) in [5, 5.41) is 6.23. The van der Waals surface area contributed by atoms with Gasteiger partial charge in [0.05, 0.1) is 12.4 Å². The smallest absolute Gasteiger partial charge is 0.277 e. The third-order valence-corrected chi connectivity index (χ3v) is 8.21. The first-order valence-electron chi connectivity index (χ1n) is 9.27. The van der Waals surface area contributed by atoms with Crippen LogP contribution in [0.5, 0.6) is 0 Å². The van der Waals surface area contributed by atoms with Crippen LogP contribution in [0, 0.1) is 12.7 Å². The summed E-state index contributed by atoms with van der Waals surface area (Å²) in [5.41, 5.74) is 4.97. The lowest BCUT2D eigenvalue weighted by molar-refractivity contribution is 0.101. The molecule has 0 bridgehead atoms. The molecule has 9 nitrogen and oxygen atoms in total. The molecular weight excluding hydrogens is 415 g/mol. The number of nitrogens with two attached hydrogens (primary N) is 1. The lowest BCUT2D eigenvalue weighted by Crippen LogP contribution is -2.58. The third kappa shape index (κ3) is 3.18. The molecule has 2 aromatic rings. The van der Waals surface area contributed by atoms with E-state index >= 15 is 0 Å². The highest BCUT2D eigenvalue weighted by Gasteiger charge is 2.57. The van der Waals surface area contributed by atoms with Gasteiger partial charge in [-0.05, 0) is 38.5 Å². The molecule has 0 saturated carbocycles. The topological polar surface area (TPSA) is 137 Å². The molecule has 0 radical (unpaired) electrons. The van der Waals surface area contributed by atoms with Crippen molar-refractivity contribution < 1.29 is 26.9 Å². The highest BCUT2D eigenvalue weighted by molar-refractivity contribution is 7.93. The zero-order valence-electron chi connectivity index (χ0n) is 16.4. The van der Waals surface area contributed by atoms with Gasteiger partial charge in [0.1, 0.15) is 23.0 Å². The molecule has 4 rings (SSSR count). The minimum Gasteiger partial charge on any atom is -0.386 e. The Bertz CT molecular complexity index is 1150. The number of nitrogens with zero attached hydrogens (tertiary/aromatic N) is 2. The van der Waals surface area contributed by atoms with Gasteiger partial charge in [-0.2, -0.15) is 0 Å². The summed E-state index contributed by atoms with van der Waals surface area (Å²) in [6.45, 7) is 3.36. The minimum absolute atomic E-state index is 0.0110. The van der Waals surface area contributed by atoms with Crippen LogP contribution in [0.15, 0.2) is 33.8 Å². The zero-order valence-corrected chi connectivity index (χ0v) is 17.3. The Morgan fingerprint density at radius 2 is 2.10 bits per heavy atom. The summed E-state index contributed by atoms with van der Waals surface area (Å²) in [4.78, 5) is 16.7. The van der Waals surface area contributed by atoms with Crippen LogP contribution in [0.4, 0.5) is 10.1 Å². The van der Waals surface area contributed by atoms with E-state index in [9.17, 15) is 17.6 Å². The second-order valence-electron chi connectivity index (χ2n) is 7.80. The fourth-order valence-electron chi connectivity index (χ4n) is 3.88. The molecule has 1 amide bonds. The summed E-state index contributed by atoms with van der Waals surface area (Å²) in [5.74, 6) is -1.25. The number of carbonyl (C=O) groups is 1. The van der Waals surface area contributed by atoms with Crippen LogP contribution in [-0.2, 0) is 20.1 Å². The molecule has 2 atom stereocenters. The Balaban J connectivity index is 1.71. The standard InChI is InChI=1S/C19H21FN4O5S/c1-11-7-15(24-29-11)16(25)22-12-3-4-14(20)13(8-12)18(2)10-30(26,27)19(17(21)23-18)5-6-28-9-19/h3-4,7-8H,5-6,9-10H2,1-2H3,(H2,21,23)(H,22,25)/t18-,19-/m0/s1. The van der Waals surface area contributed by atoms with Gasteiger partial charge < -0.3 is 20.3 Å². The van der Waals surface area contributed by atoms with Gasteiger partial charge in [-0.3, -0.25) is 9.79 Å². The minimum atomic E-state index is -3.78. The number of amidine groups is 1. The van der Waals surface area contributed by atoms with Crippen molar-refractivity contribution in [2.24, 2.45) is 10.7 Å². The van der Waals surface area contributed by atoms with Crippen molar-refractivity contribution in [2.75, 3.05) is 24.3 Å². The van der Waals surface area contributed by atoms with E-state index < -0.39 is 37.6 Å². The number of nitrogens with one attached hydrogen (secondary N) is 1. The van der Waals surface area contributed by atoms with Gasteiger partial charge in [-0.1, -0.05) is 5.16 Å². The molecule has 30 heavy (non-hydrogen) atoms. The van der Waals surface area contributed by atoms with E-state index in [-0.39, 0.29) is 42.4 Å². The van der Waals surface area contributed by atoms with Crippen molar-refractivity contribution in [1.82, 2.24) is 5.16 Å². The number of ether oxygens (including phenoxy) is 1. The van der Waals surface area contributed by atoms with Crippen molar-refractivity contribution in [2.45, 2.75) is 30.6 Å². The van der Waals surface area contributed by atoms with E-state index in [0.29, 0.717) is 5.76 Å². The number of anilines is 1. The van der Waals surface area contributed by atoms with Gasteiger partial charge in [-0.15, -0.1) is 0 Å². The fraction of sp³-hybridized carbons (Fsp3) is 0.421. The molecule has 3 N–H and O–H groups in total. The molecule has 0 aliphatic carbocycles. The average molecular weight is 436 g/mol. The molecule has 11 heteroatoms. The number of halogens is 1. The normalized spacial score (nSPS) is 27.8. The predicted molar refractivity (Wildman–Crippen MR) is 107 cm³/mol. The summed E-state index contributed by atoms with van der Waals surface area (Å²) in [7, 11) is -3.78. The fourth-order valence-corrected chi connectivity index (χ4v) is 6.14. The Morgan fingerprint density at radius 1 is 1.33 bits per heavy atom. The Morgan fingerprint density at radius 3 is 2.70 bits per heavy atom. The number of aliphatic imine (C=N–C) groups is 1. The first-order valence-corrected chi connectivity index (χ1v) is 10.9. The van der Waals surface area contributed by atoms with Crippen LogP contribution >= 0.6 is 0 Å². The van der Waals surface area contributed by atoms with Crippen LogP contribution in [0.2, 0.25) is 0 Å². The average Bonchev–Trinajstić information content (AvgIpc) is 3.32. The molecule has 1 saturated heterocycles. The van der Waals surface area contributed by atoms with Crippen LogP contribution in [0.25, 0.3) is 0 Å². The highest BCUT2D eigenvalue weighted by atomic mass is 32.2. The number of aryl methyl sites for hydroxylation is 1. The third-order valence-electron chi connectivity index (χ3n) is 5.55. The number of hydrogen-bond acceptors (Lipinski definition) is 8. The van der Waals surface area contributed by atoms with Crippen LogP contribution in [0.3, 0.4) is 0 Å². The maximum absolute atomic E-state index is 14.7. The van der Waals surface area contributed by atoms with Crippen LogP contribution in [0.1, 0.15) is 35.2 Å². The Hall–Kier alpha value is -2.79. The molecule has 0 unspecified atom stereocenters. The van der Waals surface area contributed by atoms with Crippen molar-refractivity contribution in [1.29, 1.82) is 0 Å². The molecule has 1 spiro atoms. The number of rotatable bonds is 3. The monoisotopic (exact) mass is 436 g/mol. The van der Waals surface area contributed by atoms with Gasteiger partial charge in [0, 0.05) is 23.9 Å². The lowest BCUT2D eigenvalue weighted by atomic mass is 9.92. The van der Waals surface area contributed by atoms with E-state index in [2.05, 4.69) is 15.5 Å². The number of aromatic nitrogens is 1. The summed E-state index contributed by atoms with van der Waals surface area (Å²) < 4.78 is 49.8. The van der Waals surface area contributed by atoms with E-state index in [1.807, 2.05) is 0 Å². The molecule has 160 valence electrons. The first-order chi connectivity index (χ1) is 14.1. The Kier molecular flexibility index (Phi) is 4.70. The van der Waals surface area contributed by atoms with Gasteiger partial charge in [0.2, 0.25) is 0 Å². The quantitative estimate of drug-likeness (QED) is 0.744. The first kappa shape index (κ1) is 20.5. The van der Waals surface area contributed by atoms with Crippen molar-refractivity contribution in [3.8, 4) is 0 Å². The van der Waals surface area contributed by atoms with Crippen molar-refractivity contribution in [3.05, 3.63) is 47.1 Å². The van der Waals surface area contributed by atoms with Gasteiger partial charge in [0.15, 0.2) is 20.3 Å². The van der Waals surface area contributed by atoms with E-state index in [1.165, 1.54) is 25.1 Å². The number of sulfone groups is 1. The number of benzene rings is 1. The predicted octanol–water partition coefficient (Wildman–Crippen LogP) is 1.53. The second kappa shape index (κ2) is 6.88. The van der Waals surface area contributed by atoms with E-state index in [4.69, 9.17) is 15.0 Å². The van der Waals surface area contributed by atoms with E-state index in [0.717, 1.165) is 6.07 Å². The molecule has 2 aliphatic heterocycles. The number of amides is 1. The number of hydrogen-bond donors (Lipinski definition) is 2. The van der Waals surface area contributed by atoms with Gasteiger partial charge in [0.25, 0.3) is 5.91 Å². The maximum Gasteiger partial charge on any atom is 0.277 e. The van der Waals surface area contributed by atoms with Crippen molar-refractivity contribution in [3.63, 3.8) is 0 Å². The van der Waals surface area contributed by atoms with Gasteiger partial charge in [-0.25, -0.2) is 12.8 Å². The molecule has 1 fully saturated rings. The molecule has 2 aliphatic rings. The van der Waals surface area contributed by atoms with Gasteiger partial charge >= 0.3 is 0 Å². The molecular formula is C19H21FN4O5S. The SMILES string of the molecule is Cc1cc(C(=O)Nc2ccc(F)c([C@]3(C)CS(=O)(=O)[C@]4(CCOC4)C(N)=N3)c2)no1. The maximum atomic E-state index is 14.7. The highest BCUT2D eigenvalue weighted by Crippen LogP contribution is 2.41. The largest absolute Gasteiger partial charge is 0.386 e. The number of carbonyl (C=O) groups excluding carboxylic acids is 1. The molecule has 1 aromatic carbocycles. The lowest BCUT2D eigenvalue weighted by Gasteiger charge is -2.39. The summed E-state index contributed by atoms with van der Waals surface area (Å²) in [6, 6.07) is 5.33. The second-order valence-corrected chi connectivity index (χ2v) is 10.1. The molecule has 3 heterocycles. The van der Waals surface area contributed by atoms with Crippen LogP contribution in [-0.4, -0.2) is 49.0 Å². The Labute approximate surface area is 172 Å². The van der Waals surface area contributed by atoms with Crippen molar-refractivity contribution >= 4 is 27.3 Å². The zero-order chi connectivity index (χ0) is 21.7. The molecule has 1 aromatic heterocycles. The summed E-state index contributed by atoms with van der Waals surface area (Å²) in [6.07, 6.45) is 0.219. The summed E-state index contributed by atoms with van der Waals surface area (Å²) >= 11 is 0. The van der Waals surface area contributed by atoms with Crippen LogP contribution < -0.4 is 11.1 Å².